The Morgan fingerprint density at radius 2 is 2.00 bits per heavy atom. The zero-order valence-electron chi connectivity index (χ0n) is 10.9. The fraction of sp³-hybridized carbons (Fsp3) is 0.0667. The molecule has 6 heteroatoms. The standard InChI is InChI=1S/C15H12ClNO3S/c16-12-3-1-10(2-4-12)8-17-15(20)11-7-13(21-9-11)5-6-14(18)19/h1-7,9H,8H2,(H,17,20)(H,18,19). The molecule has 2 aromatic rings. The van der Waals surface area contributed by atoms with Crippen LogP contribution in [0.4, 0.5) is 0 Å². The molecular weight excluding hydrogens is 310 g/mol. The van der Waals surface area contributed by atoms with E-state index in [1.807, 2.05) is 12.1 Å². The highest BCUT2D eigenvalue weighted by Crippen LogP contribution is 2.16. The summed E-state index contributed by atoms with van der Waals surface area (Å²) >= 11 is 7.11. The minimum absolute atomic E-state index is 0.198. The molecule has 0 radical (unpaired) electrons. The topological polar surface area (TPSA) is 66.4 Å². The number of nitrogens with one attached hydrogen (secondary N) is 1. The Hall–Kier alpha value is -2.11. The number of carbonyl (C=O) groups excluding carboxylic acids is 1. The van der Waals surface area contributed by atoms with Gasteiger partial charge in [-0.2, -0.15) is 0 Å². The molecule has 1 aromatic carbocycles. The van der Waals surface area contributed by atoms with Crippen LogP contribution in [0.25, 0.3) is 6.08 Å². The first kappa shape index (κ1) is 15.3. The van der Waals surface area contributed by atoms with E-state index < -0.39 is 5.97 Å². The molecule has 2 rings (SSSR count). The Balaban J connectivity index is 1.94. The average molecular weight is 322 g/mol. The lowest BCUT2D eigenvalue weighted by atomic mass is 10.2. The van der Waals surface area contributed by atoms with Crippen LogP contribution in [-0.2, 0) is 11.3 Å². The fourth-order valence-electron chi connectivity index (χ4n) is 1.60. The van der Waals surface area contributed by atoms with Crippen molar-refractivity contribution in [2.75, 3.05) is 0 Å². The van der Waals surface area contributed by atoms with E-state index in [1.54, 1.807) is 23.6 Å². The van der Waals surface area contributed by atoms with Crippen molar-refractivity contribution >= 4 is 40.9 Å². The van der Waals surface area contributed by atoms with Crippen molar-refractivity contribution in [3.63, 3.8) is 0 Å². The molecular formula is C15H12ClNO3S. The van der Waals surface area contributed by atoms with Crippen molar-refractivity contribution in [1.82, 2.24) is 5.32 Å². The minimum atomic E-state index is -1.02. The van der Waals surface area contributed by atoms with Crippen LogP contribution in [0.1, 0.15) is 20.8 Å². The third-order valence-electron chi connectivity index (χ3n) is 2.64. The molecule has 0 saturated heterocycles. The summed E-state index contributed by atoms with van der Waals surface area (Å²) in [5, 5.41) is 13.7. The summed E-state index contributed by atoms with van der Waals surface area (Å²) in [7, 11) is 0. The molecule has 1 aromatic heterocycles. The molecule has 2 N–H and O–H groups in total. The minimum Gasteiger partial charge on any atom is -0.478 e. The summed E-state index contributed by atoms with van der Waals surface area (Å²) in [6.45, 7) is 0.409. The summed E-state index contributed by atoms with van der Waals surface area (Å²) in [6, 6.07) is 8.88. The van der Waals surface area contributed by atoms with Crippen LogP contribution in [0.15, 0.2) is 41.8 Å². The lowest BCUT2D eigenvalue weighted by Crippen LogP contribution is -2.22. The number of amides is 1. The molecule has 1 heterocycles. The van der Waals surface area contributed by atoms with Gasteiger partial charge in [-0.25, -0.2) is 4.79 Å². The first-order valence-corrected chi connectivity index (χ1v) is 7.32. The van der Waals surface area contributed by atoms with E-state index in [4.69, 9.17) is 16.7 Å². The van der Waals surface area contributed by atoms with Crippen molar-refractivity contribution in [3.05, 3.63) is 62.8 Å². The number of benzene rings is 1. The van der Waals surface area contributed by atoms with Gasteiger partial charge in [0, 0.05) is 27.9 Å². The number of hydrogen-bond donors (Lipinski definition) is 2. The maximum Gasteiger partial charge on any atom is 0.328 e. The molecule has 4 nitrogen and oxygen atoms in total. The second-order valence-corrected chi connectivity index (χ2v) is 5.60. The van der Waals surface area contributed by atoms with Gasteiger partial charge in [0.25, 0.3) is 5.91 Å². The van der Waals surface area contributed by atoms with E-state index in [0.29, 0.717) is 22.0 Å². The Bertz CT molecular complexity index is 676. The van der Waals surface area contributed by atoms with Gasteiger partial charge in [0.05, 0.1) is 5.56 Å². The van der Waals surface area contributed by atoms with Gasteiger partial charge in [-0.1, -0.05) is 23.7 Å². The number of aliphatic carboxylic acids is 1. The van der Waals surface area contributed by atoms with E-state index >= 15 is 0 Å². The van der Waals surface area contributed by atoms with Gasteiger partial charge in [-0.15, -0.1) is 11.3 Å². The second kappa shape index (κ2) is 7.06. The summed E-state index contributed by atoms with van der Waals surface area (Å²) < 4.78 is 0. The van der Waals surface area contributed by atoms with Crippen LogP contribution in [0.5, 0.6) is 0 Å². The van der Waals surface area contributed by atoms with Gasteiger partial charge < -0.3 is 10.4 Å². The number of carbonyl (C=O) groups is 2. The van der Waals surface area contributed by atoms with E-state index in [9.17, 15) is 9.59 Å². The monoisotopic (exact) mass is 321 g/mol. The summed E-state index contributed by atoms with van der Waals surface area (Å²) in [6.07, 6.45) is 2.50. The molecule has 21 heavy (non-hydrogen) atoms. The Morgan fingerprint density at radius 1 is 1.29 bits per heavy atom. The number of carboxylic acid groups (broad SMARTS) is 1. The molecule has 0 aliphatic rings. The maximum atomic E-state index is 12.0. The zero-order valence-corrected chi connectivity index (χ0v) is 12.4. The van der Waals surface area contributed by atoms with Gasteiger partial charge in [0.15, 0.2) is 0 Å². The van der Waals surface area contributed by atoms with Crippen LogP contribution in [-0.4, -0.2) is 17.0 Å². The molecule has 0 aliphatic heterocycles. The van der Waals surface area contributed by atoms with Gasteiger partial charge in [0.2, 0.25) is 0 Å². The summed E-state index contributed by atoms with van der Waals surface area (Å²) in [4.78, 5) is 23.1. The molecule has 0 spiro atoms. The van der Waals surface area contributed by atoms with Crippen LogP contribution < -0.4 is 5.32 Å². The SMILES string of the molecule is O=C(O)C=Cc1cc(C(=O)NCc2ccc(Cl)cc2)cs1. The fourth-order valence-corrected chi connectivity index (χ4v) is 2.51. The van der Waals surface area contributed by atoms with Crippen molar-refractivity contribution in [2.45, 2.75) is 6.54 Å². The molecule has 0 saturated carbocycles. The van der Waals surface area contributed by atoms with Gasteiger partial charge in [-0.3, -0.25) is 4.79 Å². The molecule has 0 bridgehead atoms. The van der Waals surface area contributed by atoms with E-state index in [1.165, 1.54) is 17.4 Å². The van der Waals surface area contributed by atoms with Crippen LogP contribution in [0.3, 0.4) is 0 Å². The largest absolute Gasteiger partial charge is 0.478 e. The van der Waals surface area contributed by atoms with Crippen molar-refractivity contribution < 1.29 is 14.7 Å². The van der Waals surface area contributed by atoms with Crippen molar-refractivity contribution in [2.24, 2.45) is 0 Å². The van der Waals surface area contributed by atoms with Crippen LogP contribution in [0, 0.1) is 0 Å². The normalized spacial score (nSPS) is 10.7. The summed E-state index contributed by atoms with van der Waals surface area (Å²) in [5.41, 5.74) is 1.47. The Labute approximate surface area is 130 Å². The highest BCUT2D eigenvalue weighted by Gasteiger charge is 2.07. The Kier molecular flexibility index (Phi) is 5.14. The predicted octanol–water partition coefficient (Wildman–Crippen LogP) is 3.43. The maximum absolute atomic E-state index is 12.0. The van der Waals surface area contributed by atoms with Gasteiger partial charge >= 0.3 is 5.97 Å². The van der Waals surface area contributed by atoms with E-state index in [0.717, 1.165) is 11.6 Å². The highest BCUT2D eigenvalue weighted by molar-refractivity contribution is 7.11. The van der Waals surface area contributed by atoms with E-state index in [2.05, 4.69) is 5.32 Å². The lowest BCUT2D eigenvalue weighted by Gasteiger charge is -2.03. The highest BCUT2D eigenvalue weighted by atomic mass is 35.5. The summed E-state index contributed by atoms with van der Waals surface area (Å²) in [5.74, 6) is -1.21. The third kappa shape index (κ3) is 4.73. The smallest absolute Gasteiger partial charge is 0.328 e. The van der Waals surface area contributed by atoms with Crippen LogP contribution >= 0.6 is 22.9 Å². The first-order valence-electron chi connectivity index (χ1n) is 6.07. The first-order chi connectivity index (χ1) is 10.0. The molecule has 1 amide bonds. The number of carboxylic acids is 1. The van der Waals surface area contributed by atoms with Gasteiger partial charge in [-0.05, 0) is 29.8 Å². The van der Waals surface area contributed by atoms with Crippen molar-refractivity contribution in [3.8, 4) is 0 Å². The molecule has 0 unspecified atom stereocenters. The van der Waals surface area contributed by atoms with Crippen LogP contribution in [0.2, 0.25) is 5.02 Å². The molecule has 0 atom stereocenters. The average Bonchev–Trinajstić information content (AvgIpc) is 2.93. The Morgan fingerprint density at radius 3 is 2.67 bits per heavy atom. The predicted molar refractivity (Wildman–Crippen MR) is 83.6 cm³/mol. The number of thiophene rings is 1. The molecule has 0 aliphatic carbocycles. The quantitative estimate of drug-likeness (QED) is 0.829. The third-order valence-corrected chi connectivity index (χ3v) is 3.79. The van der Waals surface area contributed by atoms with E-state index in [-0.39, 0.29) is 5.91 Å². The lowest BCUT2D eigenvalue weighted by molar-refractivity contribution is -0.131. The van der Waals surface area contributed by atoms with Crippen molar-refractivity contribution in [1.29, 1.82) is 0 Å². The second-order valence-electron chi connectivity index (χ2n) is 4.22. The number of hydrogen-bond acceptors (Lipinski definition) is 3. The molecule has 108 valence electrons. The molecule has 0 fully saturated rings. The number of rotatable bonds is 5. The van der Waals surface area contributed by atoms with Gasteiger partial charge in [0.1, 0.15) is 0 Å². The zero-order chi connectivity index (χ0) is 15.2. The number of halogens is 1.